The van der Waals surface area contributed by atoms with Crippen molar-refractivity contribution in [3.63, 3.8) is 0 Å². The molecule has 0 unspecified atom stereocenters. The molecule has 0 saturated carbocycles. The maximum absolute atomic E-state index is 13.2. The Kier molecular flexibility index (Phi) is 12.1. The number of carbonyl (C=O) groups is 3. The lowest BCUT2D eigenvalue weighted by Crippen LogP contribution is -2.45. The van der Waals surface area contributed by atoms with Crippen LogP contribution in [0.2, 0.25) is 41.3 Å². The van der Waals surface area contributed by atoms with Gasteiger partial charge in [0.1, 0.15) is 17.1 Å². The first kappa shape index (κ1) is 37.1. The Morgan fingerprint density at radius 1 is 0.818 bits per heavy atom. The standard InChI is InChI=1S/C33H48ClNO7Si2/c1-32(2,3)43(9,10)41-25-21-26(42-44(11,12)33(4,5)6)29(34)24(28(25)31(38)40-8)15-13-14-16-27(36)35-23-19-17-22(18-20-23)30(37)39-7/h14,16-21H,13,15H2,1-12H3,(H,35,36)/b16-14-. The number of methoxy groups -OCH3 is 2. The minimum atomic E-state index is -2.38. The lowest BCUT2D eigenvalue weighted by atomic mass is 10.0. The van der Waals surface area contributed by atoms with Crippen LogP contribution in [0, 0.1) is 0 Å². The topological polar surface area (TPSA) is 100 Å². The van der Waals surface area contributed by atoms with Gasteiger partial charge in [0.15, 0.2) is 0 Å². The van der Waals surface area contributed by atoms with Crippen LogP contribution in [0.4, 0.5) is 5.69 Å². The number of carbonyl (C=O) groups excluding carboxylic acids is 3. The number of halogens is 1. The second-order valence-electron chi connectivity index (χ2n) is 13.8. The molecule has 1 amide bonds. The third kappa shape index (κ3) is 9.21. The molecule has 242 valence electrons. The molecule has 44 heavy (non-hydrogen) atoms. The molecule has 2 aromatic rings. The Hall–Kier alpha value is -3.09. The van der Waals surface area contributed by atoms with Crippen molar-refractivity contribution in [2.75, 3.05) is 19.5 Å². The Morgan fingerprint density at radius 3 is 1.80 bits per heavy atom. The number of benzene rings is 2. The van der Waals surface area contributed by atoms with E-state index in [4.69, 9.17) is 29.9 Å². The molecule has 0 aliphatic carbocycles. The minimum Gasteiger partial charge on any atom is -0.543 e. The average Bonchev–Trinajstić information content (AvgIpc) is 2.91. The Labute approximate surface area is 269 Å². The van der Waals surface area contributed by atoms with E-state index in [9.17, 15) is 14.4 Å². The van der Waals surface area contributed by atoms with E-state index >= 15 is 0 Å². The summed E-state index contributed by atoms with van der Waals surface area (Å²) in [6, 6.07) is 8.14. The van der Waals surface area contributed by atoms with Gasteiger partial charge in [-0.2, -0.15) is 0 Å². The molecular formula is C33H48ClNO7Si2. The molecule has 0 radical (unpaired) electrons. The maximum Gasteiger partial charge on any atom is 0.341 e. The van der Waals surface area contributed by atoms with Crippen LogP contribution in [-0.2, 0) is 20.7 Å². The van der Waals surface area contributed by atoms with Crippen LogP contribution in [0.15, 0.2) is 42.5 Å². The SMILES string of the molecule is COC(=O)c1ccc(NC(=O)/C=C\CCc2c(Cl)c(O[Si](C)(C)C(C)(C)C)cc(O[Si](C)(C)C(C)(C)C)c2C(=O)OC)cc1. The van der Waals surface area contributed by atoms with E-state index in [-0.39, 0.29) is 21.5 Å². The van der Waals surface area contributed by atoms with Crippen LogP contribution < -0.4 is 14.2 Å². The van der Waals surface area contributed by atoms with Gasteiger partial charge >= 0.3 is 11.9 Å². The zero-order chi connectivity index (χ0) is 33.7. The molecule has 2 aromatic carbocycles. The number of hydrogen-bond donors (Lipinski definition) is 1. The molecular weight excluding hydrogens is 614 g/mol. The van der Waals surface area contributed by atoms with Crippen LogP contribution in [0.1, 0.15) is 74.2 Å². The largest absolute Gasteiger partial charge is 0.543 e. The zero-order valence-electron chi connectivity index (χ0n) is 28.2. The van der Waals surface area contributed by atoms with Crippen LogP contribution in [0.5, 0.6) is 11.5 Å². The van der Waals surface area contributed by atoms with Crippen molar-refractivity contribution >= 4 is 51.8 Å². The lowest BCUT2D eigenvalue weighted by molar-refractivity contribution is -0.111. The Balaban J connectivity index is 2.46. The van der Waals surface area contributed by atoms with Gasteiger partial charge in [0.05, 0.1) is 24.8 Å². The first-order chi connectivity index (χ1) is 20.1. The van der Waals surface area contributed by atoms with E-state index in [0.29, 0.717) is 46.2 Å². The highest BCUT2D eigenvalue weighted by Crippen LogP contribution is 2.46. The molecule has 2 rings (SSSR count). The van der Waals surface area contributed by atoms with Crippen molar-refractivity contribution in [3.05, 3.63) is 64.2 Å². The van der Waals surface area contributed by atoms with Gasteiger partial charge in [-0.25, -0.2) is 9.59 Å². The van der Waals surface area contributed by atoms with Gasteiger partial charge in [0.2, 0.25) is 5.91 Å². The fourth-order valence-corrected chi connectivity index (χ4v) is 6.02. The van der Waals surface area contributed by atoms with E-state index in [1.54, 1.807) is 36.4 Å². The van der Waals surface area contributed by atoms with Crippen molar-refractivity contribution in [3.8, 4) is 11.5 Å². The molecule has 0 fully saturated rings. The molecule has 0 saturated heterocycles. The second-order valence-corrected chi connectivity index (χ2v) is 23.6. The molecule has 0 aromatic heterocycles. The average molecular weight is 662 g/mol. The smallest absolute Gasteiger partial charge is 0.341 e. The van der Waals surface area contributed by atoms with Crippen molar-refractivity contribution < 1.29 is 32.7 Å². The number of anilines is 1. The van der Waals surface area contributed by atoms with Gasteiger partial charge in [0, 0.05) is 11.8 Å². The van der Waals surface area contributed by atoms with E-state index in [1.165, 1.54) is 20.3 Å². The third-order valence-electron chi connectivity index (χ3n) is 8.43. The number of esters is 2. The molecule has 0 heterocycles. The number of amides is 1. The normalized spacial score (nSPS) is 12.6. The molecule has 11 heteroatoms. The zero-order valence-corrected chi connectivity index (χ0v) is 30.9. The van der Waals surface area contributed by atoms with Gasteiger partial charge in [-0.3, -0.25) is 4.79 Å². The fourth-order valence-electron chi connectivity index (χ4n) is 3.64. The second kappa shape index (κ2) is 14.3. The summed E-state index contributed by atoms with van der Waals surface area (Å²) in [6.45, 7) is 21.3. The lowest BCUT2D eigenvalue weighted by Gasteiger charge is -2.39. The van der Waals surface area contributed by atoms with Gasteiger partial charge in [-0.1, -0.05) is 59.2 Å². The van der Waals surface area contributed by atoms with E-state index < -0.39 is 28.6 Å². The molecule has 0 bridgehead atoms. The van der Waals surface area contributed by atoms with Crippen LogP contribution >= 0.6 is 11.6 Å². The Morgan fingerprint density at radius 2 is 1.32 bits per heavy atom. The van der Waals surface area contributed by atoms with Crippen molar-refractivity contribution in [1.29, 1.82) is 0 Å². The van der Waals surface area contributed by atoms with Crippen molar-refractivity contribution in [1.82, 2.24) is 0 Å². The van der Waals surface area contributed by atoms with E-state index in [1.807, 2.05) is 0 Å². The minimum absolute atomic E-state index is 0.0896. The molecule has 0 aliphatic rings. The quantitative estimate of drug-likeness (QED) is 0.146. The number of allylic oxidation sites excluding steroid dienone is 1. The summed E-state index contributed by atoms with van der Waals surface area (Å²) in [6.07, 6.45) is 3.87. The Bertz CT molecular complexity index is 1390. The van der Waals surface area contributed by atoms with Gasteiger partial charge in [-0.05, 0) is 85.0 Å². The summed E-state index contributed by atoms with van der Waals surface area (Å²) < 4.78 is 23.3. The van der Waals surface area contributed by atoms with Crippen LogP contribution in [-0.4, -0.2) is 48.7 Å². The highest BCUT2D eigenvalue weighted by molar-refractivity contribution is 6.75. The van der Waals surface area contributed by atoms with Gasteiger partial charge < -0.3 is 23.6 Å². The number of ether oxygens (including phenoxy) is 2. The van der Waals surface area contributed by atoms with Gasteiger partial charge in [0.25, 0.3) is 16.6 Å². The van der Waals surface area contributed by atoms with E-state index in [0.717, 1.165) is 0 Å². The molecule has 0 aliphatic heterocycles. The summed E-state index contributed by atoms with van der Waals surface area (Å²) in [5.41, 5.74) is 1.74. The number of rotatable bonds is 11. The molecule has 0 atom stereocenters. The summed E-state index contributed by atoms with van der Waals surface area (Å²) in [5, 5.41) is 2.88. The monoisotopic (exact) mass is 661 g/mol. The van der Waals surface area contributed by atoms with Crippen molar-refractivity contribution in [2.45, 2.75) is 90.6 Å². The first-order valence-electron chi connectivity index (χ1n) is 14.6. The predicted molar refractivity (Wildman–Crippen MR) is 182 cm³/mol. The summed E-state index contributed by atoms with van der Waals surface area (Å²) in [5.74, 6) is -0.469. The highest BCUT2D eigenvalue weighted by Gasteiger charge is 2.42. The molecule has 1 N–H and O–H groups in total. The van der Waals surface area contributed by atoms with Gasteiger partial charge in [-0.15, -0.1) is 0 Å². The van der Waals surface area contributed by atoms with Crippen molar-refractivity contribution in [2.24, 2.45) is 0 Å². The third-order valence-corrected chi connectivity index (χ3v) is 17.5. The van der Waals surface area contributed by atoms with Crippen LogP contribution in [0.25, 0.3) is 0 Å². The fraction of sp³-hybridized carbons (Fsp3) is 0.485. The number of nitrogens with one attached hydrogen (secondary N) is 1. The summed E-state index contributed by atoms with van der Waals surface area (Å²) >= 11 is 7.01. The predicted octanol–water partition coefficient (Wildman–Crippen LogP) is 8.81. The summed E-state index contributed by atoms with van der Waals surface area (Å²) in [4.78, 5) is 37.5. The number of hydrogen-bond acceptors (Lipinski definition) is 7. The molecule has 8 nitrogen and oxygen atoms in total. The van der Waals surface area contributed by atoms with Crippen LogP contribution in [0.3, 0.4) is 0 Å². The first-order valence-corrected chi connectivity index (χ1v) is 20.8. The maximum atomic E-state index is 13.2. The summed E-state index contributed by atoms with van der Waals surface area (Å²) in [7, 11) is -2.05. The highest BCUT2D eigenvalue weighted by atomic mass is 35.5. The molecule has 0 spiro atoms. The van der Waals surface area contributed by atoms with E-state index in [2.05, 4.69) is 73.0 Å².